The van der Waals surface area contributed by atoms with Crippen molar-refractivity contribution in [2.45, 2.75) is 44.9 Å². The van der Waals surface area contributed by atoms with Gasteiger partial charge in [-0.3, -0.25) is 9.78 Å². The highest BCUT2D eigenvalue weighted by molar-refractivity contribution is 5.90. The summed E-state index contributed by atoms with van der Waals surface area (Å²) in [6.45, 7) is 6.06. The Bertz CT molecular complexity index is 1460. The van der Waals surface area contributed by atoms with Gasteiger partial charge in [0.15, 0.2) is 11.6 Å². The molecular formula is C27H30N8O3. The van der Waals surface area contributed by atoms with Crippen molar-refractivity contribution in [1.82, 2.24) is 29.9 Å². The summed E-state index contributed by atoms with van der Waals surface area (Å²) in [5, 5.41) is 8.36. The van der Waals surface area contributed by atoms with E-state index in [-0.39, 0.29) is 11.8 Å². The number of piperidine rings is 1. The minimum Gasteiger partial charge on any atom is -0.488 e. The van der Waals surface area contributed by atoms with Crippen LogP contribution in [0.1, 0.15) is 35.9 Å². The van der Waals surface area contributed by atoms with E-state index < -0.39 is 5.91 Å². The number of nitrogens with one attached hydrogen (secondary N) is 1. The number of hydrogen-bond acceptors (Lipinski definition) is 9. The average Bonchev–Trinajstić information content (AvgIpc) is 3.33. The highest BCUT2D eigenvalue weighted by Gasteiger charge is 2.33. The van der Waals surface area contributed by atoms with Crippen LogP contribution in [0.25, 0.3) is 16.6 Å². The minimum atomic E-state index is -0.612. The van der Waals surface area contributed by atoms with Gasteiger partial charge in [0.2, 0.25) is 0 Å². The lowest BCUT2D eigenvalue weighted by molar-refractivity contribution is -0.0122. The topological polar surface area (TPSA) is 133 Å². The zero-order valence-corrected chi connectivity index (χ0v) is 21.4. The summed E-state index contributed by atoms with van der Waals surface area (Å²) >= 11 is 0. The molecule has 11 heteroatoms. The van der Waals surface area contributed by atoms with Crippen LogP contribution in [0.4, 0.5) is 11.6 Å². The number of morpholine rings is 1. The number of rotatable bonds is 7. The molecule has 2 bridgehead atoms. The number of ether oxygens (including phenoxy) is 2. The number of carbonyl (C=O) groups excluding carboxylic acids is 1. The maximum Gasteiger partial charge on any atom is 0.268 e. The van der Waals surface area contributed by atoms with Crippen molar-refractivity contribution in [3.8, 4) is 16.9 Å². The lowest BCUT2D eigenvalue weighted by atomic mass is 9.94. The van der Waals surface area contributed by atoms with Crippen molar-refractivity contribution >= 4 is 23.1 Å². The highest BCUT2D eigenvalue weighted by Crippen LogP contribution is 2.34. The molecule has 2 unspecified atom stereocenters. The molecule has 2 atom stereocenters. The van der Waals surface area contributed by atoms with Gasteiger partial charge in [-0.15, -0.1) is 5.10 Å². The average molecular weight is 515 g/mol. The lowest BCUT2D eigenvalue weighted by Crippen LogP contribution is -2.56. The molecule has 2 aliphatic heterocycles. The zero-order chi connectivity index (χ0) is 26.2. The molecule has 2 fully saturated rings. The first kappa shape index (κ1) is 24.3. The molecule has 1 amide bonds. The normalized spacial score (nSPS) is 20.8. The van der Waals surface area contributed by atoms with E-state index in [0.717, 1.165) is 60.0 Å². The number of anilines is 2. The van der Waals surface area contributed by atoms with E-state index in [4.69, 9.17) is 20.3 Å². The van der Waals surface area contributed by atoms with E-state index >= 15 is 0 Å². The molecule has 4 aromatic heterocycles. The number of hydrogen-bond donors (Lipinski definition) is 2. The van der Waals surface area contributed by atoms with E-state index in [1.165, 1.54) is 12.4 Å². The van der Waals surface area contributed by atoms with Crippen LogP contribution in [0.15, 0.2) is 49.1 Å². The summed E-state index contributed by atoms with van der Waals surface area (Å²) in [7, 11) is 0. The minimum absolute atomic E-state index is 0.115. The molecule has 2 aliphatic rings. The number of pyridine rings is 2. The summed E-state index contributed by atoms with van der Waals surface area (Å²) in [5.74, 6) is 1.47. The van der Waals surface area contributed by atoms with Crippen molar-refractivity contribution in [2.75, 3.05) is 24.7 Å². The Balaban J connectivity index is 1.29. The van der Waals surface area contributed by atoms with Crippen LogP contribution in [-0.2, 0) is 4.74 Å². The summed E-state index contributed by atoms with van der Waals surface area (Å²) in [5.41, 5.74) is 9.29. The van der Waals surface area contributed by atoms with E-state index in [1.807, 2.05) is 47.8 Å². The van der Waals surface area contributed by atoms with Crippen molar-refractivity contribution in [3.05, 3.63) is 60.4 Å². The molecule has 0 aromatic carbocycles. The van der Waals surface area contributed by atoms with Crippen molar-refractivity contribution in [2.24, 2.45) is 5.73 Å². The number of carbonyl (C=O) groups is 1. The van der Waals surface area contributed by atoms with Crippen LogP contribution in [0.2, 0.25) is 0 Å². The van der Waals surface area contributed by atoms with Gasteiger partial charge in [-0.25, -0.2) is 14.5 Å². The molecule has 6 heterocycles. The fourth-order valence-electron chi connectivity index (χ4n) is 5.24. The van der Waals surface area contributed by atoms with Crippen molar-refractivity contribution < 1.29 is 14.3 Å². The summed E-state index contributed by atoms with van der Waals surface area (Å²) < 4.78 is 14.1. The lowest BCUT2D eigenvalue weighted by Gasteiger charge is -2.40. The maximum absolute atomic E-state index is 11.4. The van der Waals surface area contributed by atoms with Crippen molar-refractivity contribution in [1.29, 1.82) is 0 Å². The fourth-order valence-corrected chi connectivity index (χ4v) is 5.24. The second-order valence-corrected chi connectivity index (χ2v) is 9.79. The first-order chi connectivity index (χ1) is 18.5. The Kier molecular flexibility index (Phi) is 6.38. The first-order valence-corrected chi connectivity index (χ1v) is 12.8. The molecule has 0 radical (unpaired) electrons. The van der Waals surface area contributed by atoms with Gasteiger partial charge < -0.3 is 25.4 Å². The van der Waals surface area contributed by atoms with Crippen LogP contribution >= 0.6 is 0 Å². The zero-order valence-electron chi connectivity index (χ0n) is 21.4. The van der Waals surface area contributed by atoms with Gasteiger partial charge in [0.05, 0.1) is 37.3 Å². The third kappa shape index (κ3) is 4.77. The van der Waals surface area contributed by atoms with E-state index in [0.29, 0.717) is 24.4 Å². The van der Waals surface area contributed by atoms with Gasteiger partial charge in [-0.2, -0.15) is 0 Å². The number of nitrogens with zero attached hydrogens (tertiary/aromatic N) is 6. The first-order valence-electron chi connectivity index (χ1n) is 12.8. The quantitative estimate of drug-likeness (QED) is 0.382. The molecule has 38 heavy (non-hydrogen) atoms. The summed E-state index contributed by atoms with van der Waals surface area (Å²) in [6.07, 6.45) is 8.61. The molecule has 11 nitrogen and oxygen atoms in total. The molecule has 4 aromatic rings. The second kappa shape index (κ2) is 9.99. The summed E-state index contributed by atoms with van der Waals surface area (Å²) in [4.78, 5) is 26.3. The Morgan fingerprint density at radius 1 is 1.13 bits per heavy atom. The molecule has 0 aliphatic carbocycles. The van der Waals surface area contributed by atoms with E-state index in [9.17, 15) is 4.79 Å². The predicted octanol–water partition coefficient (Wildman–Crippen LogP) is 2.65. The molecule has 2 saturated heterocycles. The van der Waals surface area contributed by atoms with Crippen LogP contribution in [-0.4, -0.2) is 68.4 Å². The Hall–Kier alpha value is -4.09. The Labute approximate surface area is 220 Å². The van der Waals surface area contributed by atoms with Gasteiger partial charge >= 0.3 is 0 Å². The molecule has 196 valence electrons. The Morgan fingerprint density at radius 2 is 1.95 bits per heavy atom. The summed E-state index contributed by atoms with van der Waals surface area (Å²) in [6, 6.07) is 8.85. The SMILES string of the molecule is CCN(c1cnc(C(N)=O)cn1)c1cc2cc(-c3cc(C)ncc3OC3CC4COCC(C3)N4)ccn2n1. The van der Waals surface area contributed by atoms with Crippen molar-refractivity contribution in [3.63, 3.8) is 0 Å². The number of nitrogens with two attached hydrogens (primary N) is 1. The number of fused-ring (bicyclic) bond motifs is 3. The third-order valence-corrected chi connectivity index (χ3v) is 7.02. The fraction of sp³-hybridized carbons (Fsp3) is 0.370. The molecule has 3 N–H and O–H groups in total. The standard InChI is InChI=1S/C27H30N8O3/c1-3-34(26-13-30-23(11-31-26)27(28)36)25-10-20-7-17(4-5-35(20)33-25)22-6-16(2)29-12-24(22)38-21-8-18-14-37-15-19(9-21)32-18/h4-7,10-13,18-19,21,32H,3,8-9,14-15H2,1-2H3,(H2,28,36). The van der Waals surface area contributed by atoms with Gasteiger partial charge in [0, 0.05) is 55.0 Å². The molecule has 6 rings (SSSR count). The number of amides is 1. The number of aryl methyl sites for hydroxylation is 1. The van der Waals surface area contributed by atoms with Gasteiger partial charge in [0.1, 0.15) is 17.5 Å². The largest absolute Gasteiger partial charge is 0.488 e. The van der Waals surface area contributed by atoms with Gasteiger partial charge in [0.25, 0.3) is 5.91 Å². The van der Waals surface area contributed by atoms with E-state index in [1.54, 1.807) is 0 Å². The highest BCUT2D eigenvalue weighted by atomic mass is 16.5. The van der Waals surface area contributed by atoms with Crippen LogP contribution < -0.4 is 20.7 Å². The van der Waals surface area contributed by atoms with Crippen LogP contribution in [0.3, 0.4) is 0 Å². The molecular weight excluding hydrogens is 484 g/mol. The van der Waals surface area contributed by atoms with Crippen LogP contribution in [0, 0.1) is 6.92 Å². The third-order valence-electron chi connectivity index (χ3n) is 7.02. The maximum atomic E-state index is 11.4. The van der Waals surface area contributed by atoms with Gasteiger partial charge in [-0.05, 0) is 37.6 Å². The predicted molar refractivity (Wildman–Crippen MR) is 142 cm³/mol. The molecule has 0 spiro atoms. The Morgan fingerprint density at radius 3 is 2.66 bits per heavy atom. The van der Waals surface area contributed by atoms with E-state index in [2.05, 4.69) is 32.4 Å². The smallest absolute Gasteiger partial charge is 0.268 e. The number of primary amides is 1. The number of aromatic nitrogens is 5. The monoisotopic (exact) mass is 514 g/mol. The second-order valence-electron chi connectivity index (χ2n) is 9.79. The molecule has 0 saturated carbocycles. The van der Waals surface area contributed by atoms with Crippen LogP contribution in [0.5, 0.6) is 5.75 Å². The van der Waals surface area contributed by atoms with Gasteiger partial charge in [-0.1, -0.05) is 0 Å².